The summed E-state index contributed by atoms with van der Waals surface area (Å²) in [6.45, 7) is 7.82. The SMILES string of the molecule is CCC(C)N(CCOC)C(c1ccc(F)cc1)C(C)N. The van der Waals surface area contributed by atoms with E-state index < -0.39 is 0 Å². The number of ether oxygens (including phenoxy) is 1. The molecule has 1 aromatic rings. The number of halogens is 1. The van der Waals surface area contributed by atoms with E-state index in [2.05, 4.69) is 18.7 Å². The molecule has 3 atom stereocenters. The van der Waals surface area contributed by atoms with Crippen LogP contribution in [0.1, 0.15) is 38.8 Å². The van der Waals surface area contributed by atoms with Gasteiger partial charge in [0.25, 0.3) is 0 Å². The number of methoxy groups -OCH3 is 1. The van der Waals surface area contributed by atoms with Crippen molar-refractivity contribution < 1.29 is 9.13 Å². The molecule has 0 spiro atoms. The van der Waals surface area contributed by atoms with Gasteiger partial charge in [-0.3, -0.25) is 4.90 Å². The van der Waals surface area contributed by atoms with Gasteiger partial charge in [-0.2, -0.15) is 0 Å². The Hall–Kier alpha value is -0.970. The summed E-state index contributed by atoms with van der Waals surface area (Å²) in [4.78, 5) is 2.35. The Labute approximate surface area is 121 Å². The average molecular weight is 282 g/mol. The second-order valence-electron chi connectivity index (χ2n) is 5.34. The molecular formula is C16H27FN2O. The summed E-state index contributed by atoms with van der Waals surface area (Å²) in [6, 6.07) is 7.07. The molecule has 114 valence electrons. The lowest BCUT2D eigenvalue weighted by Gasteiger charge is -2.38. The van der Waals surface area contributed by atoms with E-state index in [-0.39, 0.29) is 17.9 Å². The Kier molecular flexibility index (Phi) is 7.13. The molecule has 0 aliphatic rings. The minimum Gasteiger partial charge on any atom is -0.383 e. The zero-order valence-corrected chi connectivity index (χ0v) is 13.0. The second kappa shape index (κ2) is 8.35. The smallest absolute Gasteiger partial charge is 0.123 e. The Balaban J connectivity index is 3.03. The first-order valence-corrected chi connectivity index (χ1v) is 7.27. The summed E-state index contributed by atoms with van der Waals surface area (Å²) < 4.78 is 18.3. The molecule has 0 heterocycles. The van der Waals surface area contributed by atoms with E-state index in [1.165, 1.54) is 12.1 Å². The highest BCUT2D eigenvalue weighted by molar-refractivity contribution is 5.21. The molecule has 2 N–H and O–H groups in total. The summed E-state index contributed by atoms with van der Waals surface area (Å²) in [5, 5.41) is 0. The molecule has 0 saturated heterocycles. The van der Waals surface area contributed by atoms with Crippen LogP contribution in [0.15, 0.2) is 24.3 Å². The second-order valence-corrected chi connectivity index (χ2v) is 5.34. The first-order chi connectivity index (χ1) is 9.51. The van der Waals surface area contributed by atoms with Crippen LogP contribution in [-0.4, -0.2) is 37.2 Å². The first kappa shape index (κ1) is 17.1. The van der Waals surface area contributed by atoms with Crippen molar-refractivity contribution in [2.75, 3.05) is 20.3 Å². The Morgan fingerprint density at radius 2 is 1.85 bits per heavy atom. The molecule has 20 heavy (non-hydrogen) atoms. The summed E-state index contributed by atoms with van der Waals surface area (Å²) >= 11 is 0. The highest BCUT2D eigenvalue weighted by Crippen LogP contribution is 2.26. The molecule has 0 fully saturated rings. The van der Waals surface area contributed by atoms with Gasteiger partial charge in [0, 0.05) is 31.8 Å². The highest BCUT2D eigenvalue weighted by atomic mass is 19.1. The van der Waals surface area contributed by atoms with E-state index in [9.17, 15) is 4.39 Å². The molecule has 0 bridgehead atoms. The zero-order valence-electron chi connectivity index (χ0n) is 13.0. The minimum absolute atomic E-state index is 0.0358. The molecule has 0 amide bonds. The van der Waals surface area contributed by atoms with Gasteiger partial charge in [-0.1, -0.05) is 19.1 Å². The van der Waals surface area contributed by atoms with Gasteiger partial charge in [-0.05, 0) is 38.0 Å². The van der Waals surface area contributed by atoms with Crippen molar-refractivity contribution in [1.29, 1.82) is 0 Å². The van der Waals surface area contributed by atoms with Gasteiger partial charge < -0.3 is 10.5 Å². The standard InChI is InChI=1S/C16H27FN2O/c1-5-12(2)19(10-11-20-4)16(13(3)18)14-6-8-15(17)9-7-14/h6-9,12-13,16H,5,10-11,18H2,1-4H3. The number of benzene rings is 1. The number of hydrogen-bond donors (Lipinski definition) is 1. The molecule has 0 radical (unpaired) electrons. The van der Waals surface area contributed by atoms with Gasteiger partial charge in [0.15, 0.2) is 0 Å². The molecule has 4 heteroatoms. The predicted octanol–water partition coefficient (Wildman–Crippen LogP) is 2.96. The van der Waals surface area contributed by atoms with Crippen LogP contribution in [0.4, 0.5) is 4.39 Å². The minimum atomic E-state index is -0.218. The van der Waals surface area contributed by atoms with Crippen LogP contribution in [0.3, 0.4) is 0 Å². The predicted molar refractivity (Wildman–Crippen MR) is 81.1 cm³/mol. The van der Waals surface area contributed by atoms with Crippen molar-refractivity contribution in [2.24, 2.45) is 5.73 Å². The van der Waals surface area contributed by atoms with Crippen LogP contribution < -0.4 is 5.73 Å². The van der Waals surface area contributed by atoms with Crippen molar-refractivity contribution in [3.8, 4) is 0 Å². The third-order valence-corrected chi connectivity index (χ3v) is 3.78. The van der Waals surface area contributed by atoms with Crippen LogP contribution in [0.5, 0.6) is 0 Å². The van der Waals surface area contributed by atoms with Crippen molar-refractivity contribution in [3.63, 3.8) is 0 Å². The molecule has 3 unspecified atom stereocenters. The van der Waals surface area contributed by atoms with Gasteiger partial charge >= 0.3 is 0 Å². The molecule has 1 rings (SSSR count). The normalized spacial score (nSPS) is 16.1. The Morgan fingerprint density at radius 1 is 1.25 bits per heavy atom. The lowest BCUT2D eigenvalue weighted by Crippen LogP contribution is -2.45. The van der Waals surface area contributed by atoms with Gasteiger partial charge in [0.05, 0.1) is 6.61 Å². The van der Waals surface area contributed by atoms with Crippen LogP contribution in [-0.2, 0) is 4.74 Å². The fourth-order valence-electron chi connectivity index (χ4n) is 2.52. The Bertz CT molecular complexity index is 381. The number of nitrogens with two attached hydrogens (primary N) is 1. The Morgan fingerprint density at radius 3 is 2.30 bits per heavy atom. The van der Waals surface area contributed by atoms with Crippen LogP contribution in [0.25, 0.3) is 0 Å². The fraction of sp³-hybridized carbons (Fsp3) is 0.625. The van der Waals surface area contributed by atoms with Gasteiger partial charge in [0.2, 0.25) is 0 Å². The highest BCUT2D eigenvalue weighted by Gasteiger charge is 2.27. The van der Waals surface area contributed by atoms with Crippen molar-refractivity contribution in [3.05, 3.63) is 35.6 Å². The molecule has 0 aliphatic heterocycles. The van der Waals surface area contributed by atoms with Gasteiger partial charge in [-0.25, -0.2) is 4.39 Å². The van der Waals surface area contributed by atoms with Crippen molar-refractivity contribution in [2.45, 2.75) is 45.3 Å². The van der Waals surface area contributed by atoms with Crippen LogP contribution in [0.2, 0.25) is 0 Å². The zero-order chi connectivity index (χ0) is 15.1. The average Bonchev–Trinajstić information content (AvgIpc) is 2.43. The summed E-state index contributed by atoms with van der Waals surface area (Å²) in [5.74, 6) is -0.218. The monoisotopic (exact) mass is 282 g/mol. The topological polar surface area (TPSA) is 38.5 Å². The number of hydrogen-bond acceptors (Lipinski definition) is 3. The van der Waals surface area contributed by atoms with Crippen LogP contribution >= 0.6 is 0 Å². The molecule has 1 aromatic carbocycles. The van der Waals surface area contributed by atoms with E-state index in [1.54, 1.807) is 7.11 Å². The van der Waals surface area contributed by atoms with Gasteiger partial charge in [0.1, 0.15) is 5.82 Å². The first-order valence-electron chi connectivity index (χ1n) is 7.27. The largest absolute Gasteiger partial charge is 0.383 e. The number of nitrogens with zero attached hydrogens (tertiary/aromatic N) is 1. The van der Waals surface area contributed by atoms with E-state index in [0.29, 0.717) is 12.6 Å². The molecular weight excluding hydrogens is 255 g/mol. The maximum absolute atomic E-state index is 13.1. The quantitative estimate of drug-likeness (QED) is 0.796. The van der Waals surface area contributed by atoms with Crippen molar-refractivity contribution >= 4 is 0 Å². The maximum Gasteiger partial charge on any atom is 0.123 e. The lowest BCUT2D eigenvalue weighted by molar-refractivity contribution is 0.0786. The third-order valence-electron chi connectivity index (χ3n) is 3.78. The van der Waals surface area contributed by atoms with E-state index in [0.717, 1.165) is 18.5 Å². The third kappa shape index (κ3) is 4.54. The van der Waals surface area contributed by atoms with Crippen LogP contribution in [0, 0.1) is 5.82 Å². The summed E-state index contributed by atoms with van der Waals surface area (Å²) in [7, 11) is 1.70. The van der Waals surface area contributed by atoms with E-state index in [1.807, 2.05) is 19.1 Å². The fourth-order valence-corrected chi connectivity index (χ4v) is 2.52. The summed E-state index contributed by atoms with van der Waals surface area (Å²) in [5.41, 5.74) is 7.25. The number of rotatable bonds is 8. The molecule has 0 saturated carbocycles. The molecule has 0 aliphatic carbocycles. The molecule has 3 nitrogen and oxygen atoms in total. The maximum atomic E-state index is 13.1. The molecule has 0 aromatic heterocycles. The van der Waals surface area contributed by atoms with Crippen molar-refractivity contribution in [1.82, 2.24) is 4.90 Å². The summed E-state index contributed by atoms with van der Waals surface area (Å²) in [6.07, 6.45) is 1.04. The van der Waals surface area contributed by atoms with E-state index >= 15 is 0 Å². The lowest BCUT2D eigenvalue weighted by atomic mass is 9.97. The van der Waals surface area contributed by atoms with Gasteiger partial charge in [-0.15, -0.1) is 0 Å². The van der Waals surface area contributed by atoms with E-state index in [4.69, 9.17) is 10.5 Å².